The van der Waals surface area contributed by atoms with E-state index in [-0.39, 0.29) is 48.4 Å². The molecule has 2 aromatic carbocycles. The van der Waals surface area contributed by atoms with Gasteiger partial charge in [0.05, 0.1) is 4.90 Å². The summed E-state index contributed by atoms with van der Waals surface area (Å²) in [7, 11) is -4.20. The molecule has 11 nitrogen and oxygen atoms in total. The largest absolute Gasteiger partial charge is 0.484 e. The lowest BCUT2D eigenvalue weighted by Crippen LogP contribution is -2.43. The Hall–Kier alpha value is -4.16. The number of carboxylic acids is 1. The van der Waals surface area contributed by atoms with Crippen molar-refractivity contribution >= 4 is 27.8 Å². The van der Waals surface area contributed by atoms with E-state index in [9.17, 15) is 33.0 Å². The van der Waals surface area contributed by atoms with Gasteiger partial charge in [0.15, 0.2) is 6.61 Å². The van der Waals surface area contributed by atoms with Crippen LogP contribution >= 0.6 is 0 Å². The van der Waals surface area contributed by atoms with Gasteiger partial charge in [0.1, 0.15) is 11.4 Å². The first-order valence-electron chi connectivity index (χ1n) is 12.5. The van der Waals surface area contributed by atoms with Crippen LogP contribution in [0.25, 0.3) is 0 Å². The fourth-order valence-electron chi connectivity index (χ4n) is 3.83. The number of aliphatic hydroxyl groups is 1. The second-order valence-electron chi connectivity index (χ2n) is 10.0. The molecular formula is C28H33N3O8S. The van der Waals surface area contributed by atoms with Crippen LogP contribution in [0.3, 0.4) is 0 Å². The number of allylic oxidation sites excluding steroid dienone is 2. The summed E-state index contributed by atoms with van der Waals surface area (Å²) in [5, 5.41) is 21.8. The van der Waals surface area contributed by atoms with Crippen LogP contribution in [0.2, 0.25) is 0 Å². The van der Waals surface area contributed by atoms with Crippen LogP contribution in [0.5, 0.6) is 5.75 Å². The zero-order valence-electron chi connectivity index (χ0n) is 22.3. The highest BCUT2D eigenvalue weighted by molar-refractivity contribution is 7.90. The monoisotopic (exact) mass is 571 g/mol. The number of carbonyl (C=O) groups excluding carboxylic acids is 2. The second kappa shape index (κ2) is 13.3. The third-order valence-electron chi connectivity index (χ3n) is 6.01. The van der Waals surface area contributed by atoms with Gasteiger partial charge in [-0.1, -0.05) is 44.2 Å². The molecule has 0 unspecified atom stereocenters. The maximum absolute atomic E-state index is 12.8. The summed E-state index contributed by atoms with van der Waals surface area (Å²) in [4.78, 5) is 37.7. The van der Waals surface area contributed by atoms with Gasteiger partial charge in [-0.3, -0.25) is 9.59 Å². The number of aliphatic hydroxyl groups excluding tert-OH is 1. The Kier molecular flexibility index (Phi) is 10.1. The molecule has 2 amide bonds. The Morgan fingerprint density at radius 3 is 2.33 bits per heavy atom. The number of carboxylic acid groups (broad SMARTS) is 1. The van der Waals surface area contributed by atoms with Gasteiger partial charge in [-0.05, 0) is 48.4 Å². The topological polar surface area (TPSA) is 162 Å². The molecule has 1 aliphatic rings. The van der Waals surface area contributed by atoms with Crippen molar-refractivity contribution in [3.8, 4) is 5.75 Å². The molecule has 0 atom stereocenters. The molecule has 0 saturated heterocycles. The predicted octanol–water partition coefficient (Wildman–Crippen LogP) is 1.46. The van der Waals surface area contributed by atoms with Crippen molar-refractivity contribution in [2.75, 3.05) is 32.8 Å². The van der Waals surface area contributed by atoms with Crippen LogP contribution < -0.4 is 14.8 Å². The number of para-hydroxylation sites is 1. The van der Waals surface area contributed by atoms with Gasteiger partial charge in [-0.2, -0.15) is 0 Å². The van der Waals surface area contributed by atoms with E-state index in [1.807, 2.05) is 10.8 Å². The second-order valence-corrected chi connectivity index (χ2v) is 11.7. The number of nitrogens with zero attached hydrogens (tertiary/aromatic N) is 1. The Balaban J connectivity index is 1.55. The Morgan fingerprint density at radius 1 is 1.02 bits per heavy atom. The number of nitrogens with one attached hydrogen (secondary N) is 2. The molecular weight excluding hydrogens is 538 g/mol. The van der Waals surface area contributed by atoms with E-state index >= 15 is 0 Å². The number of sulfonamides is 1. The fraction of sp³-hybridized carbons (Fsp3) is 0.321. The van der Waals surface area contributed by atoms with E-state index in [2.05, 4.69) is 5.32 Å². The van der Waals surface area contributed by atoms with Gasteiger partial charge in [-0.25, -0.2) is 17.9 Å². The third kappa shape index (κ3) is 8.68. The third-order valence-corrected chi connectivity index (χ3v) is 7.36. The van der Waals surface area contributed by atoms with Crippen LogP contribution in [-0.2, 0) is 30.8 Å². The molecule has 12 heteroatoms. The minimum Gasteiger partial charge on any atom is -0.484 e. The first kappa shape index (κ1) is 30.4. The minimum absolute atomic E-state index is 0.0589. The van der Waals surface area contributed by atoms with E-state index in [1.165, 1.54) is 29.2 Å². The first-order valence-corrected chi connectivity index (χ1v) is 14.0. The molecule has 4 N–H and O–H groups in total. The smallest absolute Gasteiger partial charge is 0.352 e. The minimum atomic E-state index is -4.20. The Labute approximate surface area is 233 Å². The molecule has 0 radical (unpaired) electrons. The molecule has 2 aromatic rings. The lowest BCUT2D eigenvalue weighted by atomic mass is 9.93. The van der Waals surface area contributed by atoms with Crippen molar-refractivity contribution < 1.29 is 37.8 Å². The SMILES string of the molecule is CC(C)(CO)CN1CC(C(=O)NS(=O)(=O)c2ccc(CCNC(=O)COc3ccccc3)cc2)=CC=C1C(=O)O. The quantitative estimate of drug-likeness (QED) is 0.279. The fourth-order valence-corrected chi connectivity index (χ4v) is 4.82. The van der Waals surface area contributed by atoms with E-state index in [0.29, 0.717) is 18.7 Å². The summed E-state index contributed by atoms with van der Waals surface area (Å²) in [6.07, 6.45) is 2.97. The number of benzene rings is 2. The number of carbonyl (C=O) groups is 3. The van der Waals surface area contributed by atoms with Gasteiger partial charge in [0, 0.05) is 37.2 Å². The summed E-state index contributed by atoms with van der Waals surface area (Å²) < 4.78 is 33.1. The summed E-state index contributed by atoms with van der Waals surface area (Å²) in [6.45, 7) is 3.48. The van der Waals surface area contributed by atoms with Crippen LogP contribution in [0.4, 0.5) is 0 Å². The number of rotatable bonds is 13. The number of hydrogen-bond acceptors (Lipinski definition) is 8. The molecule has 214 valence electrons. The van der Waals surface area contributed by atoms with Crippen LogP contribution in [-0.4, -0.2) is 74.2 Å². The highest BCUT2D eigenvalue weighted by Crippen LogP contribution is 2.23. The average Bonchev–Trinajstić information content (AvgIpc) is 2.92. The lowest BCUT2D eigenvalue weighted by molar-refractivity contribution is -0.135. The summed E-state index contributed by atoms with van der Waals surface area (Å²) >= 11 is 0. The summed E-state index contributed by atoms with van der Waals surface area (Å²) in [5.41, 5.74) is 0.125. The molecule has 3 rings (SSSR count). The van der Waals surface area contributed by atoms with Gasteiger partial charge in [-0.15, -0.1) is 0 Å². The molecule has 0 fully saturated rings. The normalized spacial score (nSPS) is 13.6. The molecule has 40 heavy (non-hydrogen) atoms. The maximum atomic E-state index is 12.8. The first-order chi connectivity index (χ1) is 18.9. The van der Waals surface area contributed by atoms with Gasteiger partial charge < -0.3 is 25.2 Å². The molecule has 0 aromatic heterocycles. The summed E-state index contributed by atoms with van der Waals surface area (Å²) in [5.74, 6) is -1.77. The van der Waals surface area contributed by atoms with E-state index < -0.39 is 27.3 Å². The summed E-state index contributed by atoms with van der Waals surface area (Å²) in [6, 6.07) is 14.8. The molecule has 0 aliphatic carbocycles. The highest BCUT2D eigenvalue weighted by atomic mass is 32.2. The Bertz CT molecular complexity index is 1380. The van der Waals surface area contributed by atoms with E-state index in [4.69, 9.17) is 4.74 Å². The molecule has 1 aliphatic heterocycles. The van der Waals surface area contributed by atoms with Gasteiger partial charge >= 0.3 is 5.97 Å². The Morgan fingerprint density at radius 2 is 1.70 bits per heavy atom. The van der Waals surface area contributed by atoms with Gasteiger partial charge in [0.25, 0.3) is 21.8 Å². The average molecular weight is 572 g/mol. The molecule has 0 saturated carbocycles. The molecule has 0 bridgehead atoms. The lowest BCUT2D eigenvalue weighted by Gasteiger charge is -2.35. The van der Waals surface area contributed by atoms with Crippen molar-refractivity contribution in [1.82, 2.24) is 14.9 Å². The number of amides is 2. The zero-order valence-corrected chi connectivity index (χ0v) is 23.1. The number of aliphatic carboxylic acids is 1. The van der Waals surface area contributed by atoms with E-state index in [0.717, 1.165) is 5.56 Å². The number of ether oxygens (including phenoxy) is 1. The van der Waals surface area contributed by atoms with E-state index in [1.54, 1.807) is 50.2 Å². The van der Waals surface area contributed by atoms with Crippen molar-refractivity contribution in [1.29, 1.82) is 0 Å². The van der Waals surface area contributed by atoms with Crippen molar-refractivity contribution in [3.05, 3.63) is 83.6 Å². The van der Waals surface area contributed by atoms with Crippen molar-refractivity contribution in [3.63, 3.8) is 0 Å². The highest BCUT2D eigenvalue weighted by Gasteiger charge is 2.30. The molecule has 0 spiro atoms. The maximum Gasteiger partial charge on any atom is 0.352 e. The molecule has 1 heterocycles. The van der Waals surface area contributed by atoms with Crippen molar-refractivity contribution in [2.45, 2.75) is 25.2 Å². The van der Waals surface area contributed by atoms with Gasteiger partial charge in [0.2, 0.25) is 0 Å². The predicted molar refractivity (Wildman–Crippen MR) is 147 cm³/mol. The standard InChI is InChI=1S/C28H33N3O8S/c1-28(2,19-32)18-31-16-21(10-13-24(31)27(35)36)26(34)30-40(37,38)23-11-8-20(9-12-23)14-15-29-25(33)17-39-22-6-4-3-5-7-22/h3-13,32H,14-19H2,1-2H3,(H,29,33)(H,30,34)(H,35,36). The van der Waals surface area contributed by atoms with Crippen LogP contribution in [0, 0.1) is 5.41 Å². The van der Waals surface area contributed by atoms with Crippen molar-refractivity contribution in [2.24, 2.45) is 5.41 Å². The number of hydrogen-bond donors (Lipinski definition) is 4. The van der Waals surface area contributed by atoms with Crippen LogP contribution in [0.1, 0.15) is 19.4 Å². The van der Waals surface area contributed by atoms with Crippen LogP contribution in [0.15, 0.2) is 82.9 Å². The zero-order chi connectivity index (χ0) is 29.3.